The Bertz CT molecular complexity index is 532. The van der Waals surface area contributed by atoms with Gasteiger partial charge in [0.05, 0.1) is 19.1 Å². The van der Waals surface area contributed by atoms with E-state index >= 15 is 0 Å². The van der Waals surface area contributed by atoms with Gasteiger partial charge in [0.1, 0.15) is 12.4 Å². The Balaban J connectivity index is 2.68. The van der Waals surface area contributed by atoms with Gasteiger partial charge in [0.2, 0.25) is 5.25 Å². The number of benzene rings is 1. The standard InChI is InChI=1S/C17H25NO5S/c1-5-21-10-15(23-12(2)19)11-22-14-8-6-13(7-9-14)16(17(18)20)24(3)4/h6-9,15-16H,5,10-11H2,1-4H3,(H-,18,20)/p+1. The molecule has 0 aromatic heterocycles. The van der Waals surface area contributed by atoms with E-state index in [1.807, 2.05) is 31.6 Å². The lowest BCUT2D eigenvalue weighted by atomic mass is 10.1. The second-order valence-electron chi connectivity index (χ2n) is 5.43. The molecule has 0 radical (unpaired) electrons. The number of hydrogen-bond donors (Lipinski definition) is 1. The van der Waals surface area contributed by atoms with Crippen molar-refractivity contribution >= 4 is 22.8 Å². The average Bonchev–Trinajstić information content (AvgIpc) is 2.50. The second kappa shape index (κ2) is 10.2. The van der Waals surface area contributed by atoms with Crippen LogP contribution in [-0.2, 0) is 30.0 Å². The summed E-state index contributed by atoms with van der Waals surface area (Å²) in [4.78, 5) is 22.7. The Labute approximate surface area is 146 Å². The Morgan fingerprint density at radius 3 is 2.25 bits per heavy atom. The smallest absolute Gasteiger partial charge is 0.303 e. The number of carbonyl (C=O) groups is 2. The van der Waals surface area contributed by atoms with Crippen molar-refractivity contribution in [1.29, 1.82) is 0 Å². The number of nitrogens with two attached hydrogens (primary N) is 1. The molecular formula is C17H26NO5S+. The van der Waals surface area contributed by atoms with Crippen molar-refractivity contribution in [3.05, 3.63) is 29.8 Å². The maximum absolute atomic E-state index is 11.6. The van der Waals surface area contributed by atoms with Crippen LogP contribution in [0.25, 0.3) is 0 Å². The second-order valence-corrected chi connectivity index (χ2v) is 7.66. The molecule has 2 atom stereocenters. The maximum atomic E-state index is 11.6. The van der Waals surface area contributed by atoms with Crippen LogP contribution in [0.4, 0.5) is 0 Å². The minimum Gasteiger partial charge on any atom is -0.490 e. The molecule has 0 aliphatic heterocycles. The van der Waals surface area contributed by atoms with Gasteiger partial charge in [0.15, 0.2) is 6.10 Å². The van der Waals surface area contributed by atoms with E-state index in [1.165, 1.54) is 6.92 Å². The number of hydrogen-bond acceptors (Lipinski definition) is 5. The van der Waals surface area contributed by atoms with Crippen LogP contribution < -0.4 is 10.5 Å². The molecule has 0 aliphatic carbocycles. The van der Waals surface area contributed by atoms with Gasteiger partial charge >= 0.3 is 5.97 Å². The van der Waals surface area contributed by atoms with Crippen LogP contribution in [-0.4, -0.2) is 50.3 Å². The zero-order chi connectivity index (χ0) is 18.1. The SMILES string of the molecule is CCOCC(COc1ccc(C(C(N)=O)[S+](C)C)cc1)OC(C)=O. The van der Waals surface area contributed by atoms with Crippen molar-refractivity contribution in [1.82, 2.24) is 0 Å². The lowest BCUT2D eigenvalue weighted by Gasteiger charge is -2.18. The van der Waals surface area contributed by atoms with Gasteiger partial charge in [0.25, 0.3) is 5.91 Å². The van der Waals surface area contributed by atoms with Gasteiger partial charge in [0, 0.05) is 19.1 Å². The third-order valence-electron chi connectivity index (χ3n) is 3.19. The molecule has 2 N–H and O–H groups in total. The van der Waals surface area contributed by atoms with E-state index in [2.05, 4.69) is 0 Å². The molecule has 1 aromatic rings. The van der Waals surface area contributed by atoms with Crippen molar-refractivity contribution in [2.24, 2.45) is 5.73 Å². The number of ether oxygens (including phenoxy) is 3. The van der Waals surface area contributed by atoms with Crippen LogP contribution >= 0.6 is 0 Å². The van der Waals surface area contributed by atoms with E-state index in [0.29, 0.717) is 12.4 Å². The summed E-state index contributed by atoms with van der Waals surface area (Å²) in [5.41, 5.74) is 6.34. The molecule has 0 bridgehead atoms. The number of rotatable bonds is 10. The zero-order valence-corrected chi connectivity index (χ0v) is 15.4. The fourth-order valence-corrected chi connectivity index (χ4v) is 3.36. The van der Waals surface area contributed by atoms with Gasteiger partial charge in [-0.15, -0.1) is 0 Å². The van der Waals surface area contributed by atoms with Crippen LogP contribution in [0.5, 0.6) is 5.75 Å². The van der Waals surface area contributed by atoms with Crippen LogP contribution in [0.2, 0.25) is 0 Å². The van der Waals surface area contributed by atoms with E-state index in [-0.39, 0.29) is 41.2 Å². The first-order valence-electron chi connectivity index (χ1n) is 7.68. The number of carbonyl (C=O) groups excluding carboxylic acids is 2. The Hall–Kier alpha value is -1.73. The van der Waals surface area contributed by atoms with E-state index in [0.717, 1.165) is 5.56 Å². The molecule has 134 valence electrons. The van der Waals surface area contributed by atoms with Crippen molar-refractivity contribution in [3.8, 4) is 5.75 Å². The van der Waals surface area contributed by atoms with Crippen LogP contribution in [0, 0.1) is 0 Å². The van der Waals surface area contributed by atoms with E-state index in [1.54, 1.807) is 12.1 Å². The highest BCUT2D eigenvalue weighted by Gasteiger charge is 2.29. The molecule has 0 heterocycles. The van der Waals surface area contributed by atoms with Crippen molar-refractivity contribution in [2.75, 3.05) is 32.3 Å². The highest BCUT2D eigenvalue weighted by molar-refractivity contribution is 7.96. The Morgan fingerprint density at radius 2 is 1.79 bits per heavy atom. The average molecular weight is 356 g/mol. The molecule has 7 heteroatoms. The predicted molar refractivity (Wildman–Crippen MR) is 95.1 cm³/mol. The summed E-state index contributed by atoms with van der Waals surface area (Å²) in [5.74, 6) is -0.0766. The Kier molecular flexibility index (Phi) is 8.63. The first-order chi connectivity index (χ1) is 11.3. The van der Waals surface area contributed by atoms with E-state index < -0.39 is 6.10 Å². The molecular weight excluding hydrogens is 330 g/mol. The highest BCUT2D eigenvalue weighted by Crippen LogP contribution is 2.24. The number of esters is 1. The fourth-order valence-electron chi connectivity index (χ4n) is 2.20. The van der Waals surface area contributed by atoms with Crippen molar-refractivity contribution < 1.29 is 23.8 Å². The molecule has 24 heavy (non-hydrogen) atoms. The molecule has 2 unspecified atom stereocenters. The van der Waals surface area contributed by atoms with Crippen LogP contribution in [0.15, 0.2) is 24.3 Å². The number of amides is 1. The molecule has 1 amide bonds. The summed E-state index contributed by atoms with van der Waals surface area (Å²) in [6.07, 6.45) is 3.51. The minimum absolute atomic E-state index is 0.152. The summed E-state index contributed by atoms with van der Waals surface area (Å²) in [6.45, 7) is 4.24. The summed E-state index contributed by atoms with van der Waals surface area (Å²) < 4.78 is 16.1. The predicted octanol–water partition coefficient (Wildman–Crippen LogP) is 1.44. The van der Waals surface area contributed by atoms with Gasteiger partial charge in [-0.05, 0) is 42.1 Å². The van der Waals surface area contributed by atoms with Gasteiger partial charge in [-0.3, -0.25) is 9.59 Å². The van der Waals surface area contributed by atoms with Gasteiger partial charge < -0.3 is 19.9 Å². The Morgan fingerprint density at radius 1 is 1.17 bits per heavy atom. The molecule has 0 saturated heterocycles. The van der Waals surface area contributed by atoms with Crippen LogP contribution in [0.3, 0.4) is 0 Å². The molecule has 1 rings (SSSR count). The lowest BCUT2D eigenvalue weighted by Crippen LogP contribution is -2.29. The molecule has 0 fully saturated rings. The van der Waals surface area contributed by atoms with Crippen LogP contribution in [0.1, 0.15) is 24.7 Å². The van der Waals surface area contributed by atoms with Gasteiger partial charge in [-0.2, -0.15) is 0 Å². The number of primary amides is 1. The molecule has 0 saturated carbocycles. The quantitative estimate of drug-likeness (QED) is 0.506. The van der Waals surface area contributed by atoms with Gasteiger partial charge in [-0.25, -0.2) is 0 Å². The summed E-state index contributed by atoms with van der Waals surface area (Å²) in [5, 5.41) is -0.300. The molecule has 6 nitrogen and oxygen atoms in total. The first-order valence-corrected chi connectivity index (χ1v) is 9.79. The maximum Gasteiger partial charge on any atom is 0.303 e. The largest absolute Gasteiger partial charge is 0.490 e. The molecule has 0 aliphatic rings. The normalized spacial score (nSPS) is 13.4. The monoisotopic (exact) mass is 356 g/mol. The third-order valence-corrected chi connectivity index (χ3v) is 4.64. The topological polar surface area (TPSA) is 87.8 Å². The lowest BCUT2D eigenvalue weighted by molar-refractivity contribution is -0.151. The first kappa shape index (κ1) is 20.3. The van der Waals surface area contributed by atoms with E-state index in [4.69, 9.17) is 19.9 Å². The van der Waals surface area contributed by atoms with Gasteiger partial charge in [-0.1, -0.05) is 0 Å². The van der Waals surface area contributed by atoms with Crippen molar-refractivity contribution in [3.63, 3.8) is 0 Å². The zero-order valence-electron chi connectivity index (χ0n) is 14.6. The summed E-state index contributed by atoms with van der Waals surface area (Å²) in [6, 6.07) is 7.23. The van der Waals surface area contributed by atoms with Crippen molar-refractivity contribution in [2.45, 2.75) is 25.2 Å². The van der Waals surface area contributed by atoms with E-state index in [9.17, 15) is 9.59 Å². The molecule has 1 aromatic carbocycles. The fraction of sp³-hybridized carbons (Fsp3) is 0.529. The minimum atomic E-state index is -0.461. The summed E-state index contributed by atoms with van der Waals surface area (Å²) >= 11 is 0. The third kappa shape index (κ3) is 6.80. The summed E-state index contributed by atoms with van der Waals surface area (Å²) in [7, 11) is -0.152. The molecule has 0 spiro atoms. The highest BCUT2D eigenvalue weighted by atomic mass is 32.2.